The molecule has 21 heavy (non-hydrogen) atoms. The molecule has 0 aromatic heterocycles. The van der Waals surface area contributed by atoms with Crippen LogP contribution in [0.25, 0.3) is 0 Å². The predicted octanol–water partition coefficient (Wildman–Crippen LogP) is 2.45. The summed E-state index contributed by atoms with van der Waals surface area (Å²) in [6, 6.07) is 5.74. The molecule has 0 saturated carbocycles. The number of hydrogen-bond donors (Lipinski definition) is 1. The first-order valence-electron chi connectivity index (χ1n) is 7.91. The number of aryl methyl sites for hydroxylation is 1. The normalized spacial score (nSPS) is 22.8. The molecule has 1 N–H and O–H groups in total. The van der Waals surface area contributed by atoms with E-state index in [-0.39, 0.29) is 12.0 Å². The number of aliphatic hydroxyl groups is 1. The molecular formula is C17H23NO3. The van der Waals surface area contributed by atoms with Crippen molar-refractivity contribution < 1.29 is 14.6 Å². The first kappa shape index (κ1) is 14.4. The molecule has 1 aromatic rings. The molecule has 1 aliphatic carbocycles. The summed E-state index contributed by atoms with van der Waals surface area (Å²) < 4.78 is 5.82. The Morgan fingerprint density at radius 2 is 2.10 bits per heavy atom. The summed E-state index contributed by atoms with van der Waals surface area (Å²) in [7, 11) is 0. The number of aliphatic hydroxyl groups excluding tert-OH is 1. The van der Waals surface area contributed by atoms with Gasteiger partial charge in [-0.2, -0.15) is 0 Å². The minimum absolute atomic E-state index is 0.0789. The summed E-state index contributed by atoms with van der Waals surface area (Å²) in [5, 5.41) is 9.81. The smallest absolute Gasteiger partial charge is 0.263 e. The van der Waals surface area contributed by atoms with Gasteiger partial charge in [-0.3, -0.25) is 4.79 Å². The number of nitrogens with zero attached hydrogens (tertiary/aromatic N) is 1. The van der Waals surface area contributed by atoms with Gasteiger partial charge in [0.25, 0.3) is 5.91 Å². The molecule has 1 unspecified atom stereocenters. The van der Waals surface area contributed by atoms with Gasteiger partial charge >= 0.3 is 0 Å². The molecule has 114 valence electrons. The molecular weight excluding hydrogens is 266 g/mol. The van der Waals surface area contributed by atoms with E-state index in [1.54, 1.807) is 0 Å². The Balaban J connectivity index is 1.64. The number of fused-ring (bicyclic) bond motifs is 1. The van der Waals surface area contributed by atoms with Crippen molar-refractivity contribution in [1.29, 1.82) is 0 Å². The van der Waals surface area contributed by atoms with Gasteiger partial charge in [0.2, 0.25) is 0 Å². The van der Waals surface area contributed by atoms with Gasteiger partial charge in [0, 0.05) is 13.1 Å². The van der Waals surface area contributed by atoms with Gasteiger partial charge in [0.1, 0.15) is 5.75 Å². The van der Waals surface area contributed by atoms with Crippen LogP contribution >= 0.6 is 0 Å². The second-order valence-electron chi connectivity index (χ2n) is 6.06. The number of carbonyl (C=O) groups excluding carboxylic acids is 1. The summed E-state index contributed by atoms with van der Waals surface area (Å²) in [5.41, 5.74) is 2.13. The van der Waals surface area contributed by atoms with Crippen molar-refractivity contribution in [2.45, 2.75) is 51.2 Å². The molecule has 0 radical (unpaired) electrons. The Labute approximate surface area is 125 Å². The molecule has 1 fully saturated rings. The summed E-state index contributed by atoms with van der Waals surface area (Å²) in [5.74, 6) is 0.802. The van der Waals surface area contributed by atoms with Crippen LogP contribution in [-0.2, 0) is 11.2 Å². The largest absolute Gasteiger partial charge is 0.481 e. The number of piperidine rings is 1. The lowest BCUT2D eigenvalue weighted by atomic mass is 10.1. The van der Waals surface area contributed by atoms with Crippen LogP contribution in [0, 0.1) is 0 Å². The van der Waals surface area contributed by atoms with Crippen molar-refractivity contribution in [1.82, 2.24) is 4.90 Å². The van der Waals surface area contributed by atoms with Gasteiger partial charge in [-0.15, -0.1) is 0 Å². The van der Waals surface area contributed by atoms with E-state index in [1.165, 1.54) is 6.42 Å². The molecule has 2 atom stereocenters. The maximum Gasteiger partial charge on any atom is 0.263 e. The summed E-state index contributed by atoms with van der Waals surface area (Å²) in [6.45, 7) is 3.52. The van der Waals surface area contributed by atoms with Crippen molar-refractivity contribution in [2.24, 2.45) is 0 Å². The van der Waals surface area contributed by atoms with E-state index >= 15 is 0 Å². The van der Waals surface area contributed by atoms with Crippen molar-refractivity contribution >= 4 is 5.91 Å². The lowest BCUT2D eigenvalue weighted by Gasteiger charge is -2.29. The van der Waals surface area contributed by atoms with Gasteiger partial charge in [0.15, 0.2) is 6.10 Å². The molecule has 0 bridgehead atoms. The molecule has 1 amide bonds. The third kappa shape index (κ3) is 3.05. The number of ether oxygens (including phenoxy) is 1. The zero-order valence-corrected chi connectivity index (χ0v) is 12.5. The molecule has 4 heteroatoms. The summed E-state index contributed by atoms with van der Waals surface area (Å²) >= 11 is 0. The van der Waals surface area contributed by atoms with E-state index in [1.807, 2.05) is 30.0 Å². The van der Waals surface area contributed by atoms with Crippen LogP contribution in [0.3, 0.4) is 0 Å². The van der Waals surface area contributed by atoms with Crippen LogP contribution < -0.4 is 4.74 Å². The number of likely N-dealkylation sites (tertiary alicyclic amines) is 1. The van der Waals surface area contributed by atoms with Gasteiger partial charge in [-0.1, -0.05) is 6.07 Å². The second-order valence-corrected chi connectivity index (χ2v) is 6.06. The van der Waals surface area contributed by atoms with Crippen molar-refractivity contribution in [3.63, 3.8) is 0 Å². The third-order valence-corrected chi connectivity index (χ3v) is 4.49. The highest BCUT2D eigenvalue weighted by molar-refractivity contribution is 5.81. The average Bonchev–Trinajstić information content (AvgIpc) is 2.88. The molecule has 1 aliphatic heterocycles. The predicted molar refractivity (Wildman–Crippen MR) is 80.2 cm³/mol. The van der Waals surface area contributed by atoms with Gasteiger partial charge < -0.3 is 14.7 Å². The Morgan fingerprint density at radius 1 is 1.33 bits per heavy atom. The number of carbonyl (C=O) groups is 1. The number of rotatable bonds is 3. The zero-order valence-electron chi connectivity index (χ0n) is 12.5. The lowest BCUT2D eigenvalue weighted by Crippen LogP contribution is -2.43. The van der Waals surface area contributed by atoms with E-state index in [9.17, 15) is 9.90 Å². The van der Waals surface area contributed by atoms with E-state index in [2.05, 4.69) is 0 Å². The van der Waals surface area contributed by atoms with Crippen molar-refractivity contribution in [3.8, 4) is 5.75 Å². The van der Waals surface area contributed by atoms with Crippen LogP contribution in [0.15, 0.2) is 18.2 Å². The fourth-order valence-electron chi connectivity index (χ4n) is 3.27. The summed E-state index contributed by atoms with van der Waals surface area (Å²) in [6.07, 6.45) is 4.26. The monoisotopic (exact) mass is 289 g/mol. The molecule has 1 aromatic carbocycles. The highest BCUT2D eigenvalue weighted by Gasteiger charge is 2.25. The van der Waals surface area contributed by atoms with Crippen LogP contribution in [-0.4, -0.2) is 35.1 Å². The molecule has 3 rings (SSSR count). The first-order valence-corrected chi connectivity index (χ1v) is 7.91. The molecule has 1 heterocycles. The number of hydrogen-bond acceptors (Lipinski definition) is 3. The zero-order chi connectivity index (χ0) is 14.8. The van der Waals surface area contributed by atoms with Crippen LogP contribution in [0.5, 0.6) is 5.75 Å². The first-order chi connectivity index (χ1) is 10.1. The highest BCUT2D eigenvalue weighted by atomic mass is 16.5. The van der Waals surface area contributed by atoms with Crippen molar-refractivity contribution in [3.05, 3.63) is 29.3 Å². The van der Waals surface area contributed by atoms with Gasteiger partial charge in [-0.25, -0.2) is 0 Å². The Hall–Kier alpha value is -1.55. The van der Waals surface area contributed by atoms with E-state index in [4.69, 9.17) is 4.74 Å². The standard InChI is InChI=1S/C17H23NO3/c1-12(17(20)18-9-3-2-4-10-18)21-14-6-7-15-13(11-14)5-8-16(15)19/h6-7,11-12,16,19H,2-5,8-10H2,1H3/t12?,16-/m1/s1. The third-order valence-electron chi connectivity index (χ3n) is 4.49. The second kappa shape index (κ2) is 6.06. The average molecular weight is 289 g/mol. The van der Waals surface area contributed by atoms with Crippen molar-refractivity contribution in [2.75, 3.05) is 13.1 Å². The molecule has 1 saturated heterocycles. The minimum atomic E-state index is -0.451. The van der Waals surface area contributed by atoms with Gasteiger partial charge in [-0.05, 0) is 62.3 Å². The van der Waals surface area contributed by atoms with Crippen LogP contribution in [0.1, 0.15) is 49.8 Å². The Kier molecular flexibility index (Phi) is 4.15. The number of benzene rings is 1. The highest BCUT2D eigenvalue weighted by Crippen LogP contribution is 2.33. The van der Waals surface area contributed by atoms with Crippen LogP contribution in [0.4, 0.5) is 0 Å². The lowest BCUT2D eigenvalue weighted by molar-refractivity contribution is -0.138. The maximum absolute atomic E-state index is 12.3. The fourth-order valence-corrected chi connectivity index (χ4v) is 3.27. The quantitative estimate of drug-likeness (QED) is 0.930. The fraction of sp³-hybridized carbons (Fsp3) is 0.588. The van der Waals surface area contributed by atoms with Crippen LogP contribution in [0.2, 0.25) is 0 Å². The molecule has 0 spiro atoms. The Bertz CT molecular complexity index is 523. The van der Waals surface area contributed by atoms with E-state index in [0.717, 1.165) is 55.6 Å². The van der Waals surface area contributed by atoms with E-state index < -0.39 is 6.10 Å². The van der Waals surface area contributed by atoms with Gasteiger partial charge in [0.05, 0.1) is 6.10 Å². The molecule has 2 aliphatic rings. The topological polar surface area (TPSA) is 49.8 Å². The number of amides is 1. The SMILES string of the molecule is CC(Oc1ccc2c(c1)CC[C@H]2O)C(=O)N1CCCCC1. The maximum atomic E-state index is 12.3. The minimum Gasteiger partial charge on any atom is -0.481 e. The molecule has 4 nitrogen and oxygen atoms in total. The Morgan fingerprint density at radius 3 is 2.86 bits per heavy atom. The van der Waals surface area contributed by atoms with E-state index in [0.29, 0.717) is 0 Å². The summed E-state index contributed by atoms with van der Waals surface area (Å²) in [4.78, 5) is 14.3.